The van der Waals surface area contributed by atoms with Gasteiger partial charge in [0.15, 0.2) is 5.96 Å². The average molecular weight is 551 g/mol. The molecular weight excluding hydrogens is 521 g/mol. The predicted molar refractivity (Wildman–Crippen MR) is 140 cm³/mol. The van der Waals surface area contributed by atoms with Gasteiger partial charge in [0.1, 0.15) is 0 Å². The van der Waals surface area contributed by atoms with Crippen LogP contribution in [-0.4, -0.2) is 38.8 Å². The van der Waals surface area contributed by atoms with Gasteiger partial charge >= 0.3 is 0 Å². The molecule has 3 rings (SSSR count). The minimum absolute atomic E-state index is 0. The maximum Gasteiger partial charge on any atom is 0.191 e. The number of halogens is 1. The van der Waals surface area contributed by atoms with E-state index in [0.29, 0.717) is 18.1 Å². The van der Waals surface area contributed by atoms with E-state index in [2.05, 4.69) is 39.8 Å². The van der Waals surface area contributed by atoms with E-state index in [4.69, 9.17) is 0 Å². The van der Waals surface area contributed by atoms with Gasteiger partial charge in [-0.3, -0.25) is 9.20 Å². The first-order chi connectivity index (χ1) is 14.7. The van der Waals surface area contributed by atoms with E-state index in [1.165, 1.54) is 0 Å². The number of guanidine groups is 1. The molecule has 0 fully saturated rings. The number of nitrogens with one attached hydrogen (secondary N) is 2. The number of aromatic nitrogens is 2. The SMILES string of the molecule is CCNC(=NCCS(=O)Cc1ccccc1)NC(C)c1cccc(-n2cccn2)c1.I. The molecule has 2 atom stereocenters. The van der Waals surface area contributed by atoms with Crippen LogP contribution in [0.4, 0.5) is 0 Å². The second-order valence-electron chi connectivity index (χ2n) is 6.95. The fourth-order valence-corrected chi connectivity index (χ4v) is 4.06. The summed E-state index contributed by atoms with van der Waals surface area (Å²) in [5.74, 6) is 1.83. The smallest absolute Gasteiger partial charge is 0.191 e. The Bertz CT molecular complexity index is 963. The molecule has 0 aliphatic heterocycles. The zero-order valence-corrected chi connectivity index (χ0v) is 21.0. The topological polar surface area (TPSA) is 71.3 Å². The van der Waals surface area contributed by atoms with E-state index in [0.717, 1.165) is 29.3 Å². The number of benzene rings is 2. The van der Waals surface area contributed by atoms with E-state index < -0.39 is 10.8 Å². The van der Waals surface area contributed by atoms with Crippen molar-refractivity contribution in [3.63, 3.8) is 0 Å². The normalized spacial score (nSPS) is 13.2. The van der Waals surface area contributed by atoms with Crippen LogP contribution in [-0.2, 0) is 16.6 Å². The quantitative estimate of drug-likeness (QED) is 0.239. The van der Waals surface area contributed by atoms with Crippen molar-refractivity contribution in [3.8, 4) is 5.69 Å². The molecule has 0 amide bonds. The van der Waals surface area contributed by atoms with E-state index in [1.54, 1.807) is 6.20 Å². The molecule has 166 valence electrons. The highest BCUT2D eigenvalue weighted by atomic mass is 127. The summed E-state index contributed by atoms with van der Waals surface area (Å²) in [5, 5.41) is 11.0. The first-order valence-electron chi connectivity index (χ1n) is 10.2. The Morgan fingerprint density at radius 2 is 1.97 bits per heavy atom. The first-order valence-corrected chi connectivity index (χ1v) is 11.7. The van der Waals surface area contributed by atoms with Gasteiger partial charge in [0.2, 0.25) is 0 Å². The maximum absolute atomic E-state index is 12.3. The Balaban J connectivity index is 0.00000341. The van der Waals surface area contributed by atoms with Crippen LogP contribution in [0.1, 0.15) is 31.0 Å². The van der Waals surface area contributed by atoms with Crippen LogP contribution < -0.4 is 10.6 Å². The number of rotatable bonds is 9. The van der Waals surface area contributed by atoms with Gasteiger partial charge in [0, 0.05) is 41.2 Å². The highest BCUT2D eigenvalue weighted by Gasteiger charge is 2.09. The van der Waals surface area contributed by atoms with Gasteiger partial charge in [0.05, 0.1) is 18.3 Å². The van der Waals surface area contributed by atoms with Gasteiger partial charge in [-0.25, -0.2) is 4.68 Å². The molecule has 0 saturated carbocycles. The van der Waals surface area contributed by atoms with Crippen LogP contribution in [0.3, 0.4) is 0 Å². The lowest BCUT2D eigenvalue weighted by Gasteiger charge is -2.19. The van der Waals surface area contributed by atoms with Crippen LogP contribution in [0.25, 0.3) is 5.69 Å². The zero-order chi connectivity index (χ0) is 21.2. The van der Waals surface area contributed by atoms with Crippen LogP contribution in [0, 0.1) is 0 Å². The molecule has 3 aromatic rings. The zero-order valence-electron chi connectivity index (χ0n) is 17.9. The van der Waals surface area contributed by atoms with E-state index in [1.807, 2.05) is 66.3 Å². The fourth-order valence-electron chi connectivity index (χ4n) is 3.06. The monoisotopic (exact) mass is 551 g/mol. The molecule has 8 heteroatoms. The first kappa shape index (κ1) is 25.1. The summed E-state index contributed by atoms with van der Waals surface area (Å²) in [4.78, 5) is 4.62. The standard InChI is InChI=1S/C23H29N5OS.HI/c1-3-24-23(25-14-16-30(29)18-20-9-5-4-6-10-20)27-19(2)21-11-7-12-22(17-21)28-15-8-13-26-28;/h4-13,15,17,19H,3,14,16,18H2,1-2H3,(H2,24,25,27);1H. The summed E-state index contributed by atoms with van der Waals surface area (Å²) < 4.78 is 14.2. The third-order valence-electron chi connectivity index (χ3n) is 4.60. The molecule has 2 N–H and O–H groups in total. The molecule has 0 bridgehead atoms. The van der Waals surface area contributed by atoms with Gasteiger partial charge in [-0.2, -0.15) is 5.10 Å². The lowest BCUT2D eigenvalue weighted by Crippen LogP contribution is -2.39. The molecule has 0 aliphatic carbocycles. The van der Waals surface area contributed by atoms with Crippen LogP contribution in [0.15, 0.2) is 78.0 Å². The average Bonchev–Trinajstić information content (AvgIpc) is 3.30. The van der Waals surface area contributed by atoms with E-state index in [-0.39, 0.29) is 30.0 Å². The third kappa shape index (κ3) is 8.10. The van der Waals surface area contributed by atoms with Crippen molar-refractivity contribution >= 4 is 40.7 Å². The second kappa shape index (κ2) is 13.3. The van der Waals surface area contributed by atoms with Crippen molar-refractivity contribution in [1.29, 1.82) is 0 Å². The largest absolute Gasteiger partial charge is 0.357 e. The van der Waals surface area contributed by atoms with Gasteiger partial charge in [-0.05, 0) is 43.2 Å². The van der Waals surface area contributed by atoms with E-state index >= 15 is 0 Å². The lowest BCUT2D eigenvalue weighted by molar-refractivity contribution is 0.679. The van der Waals surface area contributed by atoms with Gasteiger partial charge in [-0.1, -0.05) is 42.5 Å². The minimum atomic E-state index is -0.933. The molecule has 0 saturated heterocycles. The summed E-state index contributed by atoms with van der Waals surface area (Å²) in [7, 11) is -0.933. The molecule has 0 aliphatic rings. The minimum Gasteiger partial charge on any atom is -0.357 e. The summed E-state index contributed by atoms with van der Waals surface area (Å²) in [6.07, 6.45) is 3.70. The van der Waals surface area contributed by atoms with Gasteiger partial charge in [-0.15, -0.1) is 24.0 Å². The summed E-state index contributed by atoms with van der Waals surface area (Å²) in [6.45, 7) is 5.41. The molecule has 2 unspecified atom stereocenters. The Kier molecular flexibility index (Phi) is 10.7. The van der Waals surface area contributed by atoms with Crippen LogP contribution >= 0.6 is 24.0 Å². The summed E-state index contributed by atoms with van der Waals surface area (Å²) >= 11 is 0. The second-order valence-corrected chi connectivity index (χ2v) is 8.52. The maximum atomic E-state index is 12.3. The van der Waals surface area contributed by atoms with Crippen molar-refractivity contribution in [2.45, 2.75) is 25.6 Å². The Morgan fingerprint density at radius 3 is 2.68 bits per heavy atom. The Hall–Kier alpha value is -2.20. The van der Waals surface area contributed by atoms with Crippen molar-refractivity contribution < 1.29 is 4.21 Å². The van der Waals surface area contributed by atoms with Gasteiger partial charge < -0.3 is 10.6 Å². The van der Waals surface area contributed by atoms with Gasteiger partial charge in [0.25, 0.3) is 0 Å². The predicted octanol–water partition coefficient (Wildman–Crippen LogP) is 4.06. The third-order valence-corrected chi connectivity index (χ3v) is 5.89. The Morgan fingerprint density at radius 1 is 1.16 bits per heavy atom. The van der Waals surface area contributed by atoms with Crippen LogP contribution in [0.5, 0.6) is 0 Å². The summed E-state index contributed by atoms with van der Waals surface area (Å²) in [6, 6.07) is 20.2. The molecule has 1 heterocycles. The van der Waals surface area contributed by atoms with Crippen molar-refractivity contribution in [2.24, 2.45) is 4.99 Å². The molecule has 0 radical (unpaired) electrons. The van der Waals surface area contributed by atoms with Crippen LogP contribution in [0.2, 0.25) is 0 Å². The lowest BCUT2D eigenvalue weighted by atomic mass is 10.1. The van der Waals surface area contributed by atoms with Crippen molar-refractivity contribution in [1.82, 2.24) is 20.4 Å². The van der Waals surface area contributed by atoms with Crippen molar-refractivity contribution in [2.75, 3.05) is 18.8 Å². The summed E-state index contributed by atoms with van der Waals surface area (Å²) in [5.41, 5.74) is 3.25. The molecule has 2 aromatic carbocycles. The van der Waals surface area contributed by atoms with E-state index in [9.17, 15) is 4.21 Å². The highest BCUT2D eigenvalue weighted by Crippen LogP contribution is 2.16. The number of hydrogen-bond donors (Lipinski definition) is 2. The Labute approximate surface area is 204 Å². The number of hydrogen-bond acceptors (Lipinski definition) is 3. The number of aliphatic imine (C=N–C) groups is 1. The van der Waals surface area contributed by atoms with Crippen molar-refractivity contribution in [3.05, 3.63) is 84.2 Å². The fraction of sp³-hybridized carbons (Fsp3) is 0.304. The molecule has 31 heavy (non-hydrogen) atoms. The number of nitrogens with zero attached hydrogens (tertiary/aromatic N) is 3. The highest BCUT2D eigenvalue weighted by molar-refractivity contribution is 14.0. The molecule has 0 spiro atoms. The molecule has 6 nitrogen and oxygen atoms in total. The molecule has 1 aromatic heterocycles. The molecular formula is C23H30IN5OS.